The summed E-state index contributed by atoms with van der Waals surface area (Å²) in [7, 11) is 2.82. The molecule has 1 amide bonds. The highest BCUT2D eigenvalue weighted by molar-refractivity contribution is 8.93. The summed E-state index contributed by atoms with van der Waals surface area (Å²) in [5.74, 6) is 0.330. The smallest absolute Gasteiger partial charge is 0.210 e. The maximum absolute atomic E-state index is 9.51. The molecule has 0 unspecified atom stereocenters. The average molecular weight is 307 g/mol. The fraction of sp³-hybridized carbons (Fsp3) is 0.455. The lowest BCUT2D eigenvalue weighted by Gasteiger charge is -2.10. The topological polar surface area (TPSA) is 67.5 Å². The van der Waals surface area contributed by atoms with E-state index in [9.17, 15) is 9.90 Å². The van der Waals surface area contributed by atoms with Crippen LogP contribution in [0.3, 0.4) is 0 Å². The molecule has 0 atom stereocenters. The average Bonchev–Trinajstić information content (AvgIpc) is 2.19. The van der Waals surface area contributed by atoms with Crippen LogP contribution in [0.4, 0.5) is 4.79 Å². The lowest BCUT2D eigenvalue weighted by Crippen LogP contribution is -2.35. The van der Waals surface area contributed by atoms with Gasteiger partial charge < -0.3 is 19.9 Å². The minimum Gasteiger partial charge on any atom is -0.530 e. The number of halogens is 1. The zero-order chi connectivity index (χ0) is 12.6. The molecule has 6 heteroatoms. The van der Waals surface area contributed by atoms with Crippen molar-refractivity contribution in [3.05, 3.63) is 24.5 Å². The van der Waals surface area contributed by atoms with Gasteiger partial charge in [-0.3, -0.25) is 0 Å². The van der Waals surface area contributed by atoms with Gasteiger partial charge in [-0.1, -0.05) is 6.92 Å². The number of carbonyl (C=O) groups excluding carboxylic acids is 1. The van der Waals surface area contributed by atoms with Crippen molar-refractivity contribution in [2.24, 2.45) is 0 Å². The molecule has 98 valence electrons. The number of carboxylic acid groups (broad SMARTS) is 1. The highest BCUT2D eigenvalue weighted by Gasteiger charge is 1.97. The molecule has 1 N–H and O–H groups in total. The van der Waals surface area contributed by atoms with Gasteiger partial charge in [-0.15, -0.1) is 17.0 Å². The summed E-state index contributed by atoms with van der Waals surface area (Å²) in [6.07, 6.45) is 3.61. The second kappa shape index (κ2) is 9.89. The Kier molecular flexibility index (Phi) is 10.5. The minimum atomic E-state index is -1.16. The van der Waals surface area contributed by atoms with Gasteiger partial charge in [0.1, 0.15) is 12.6 Å². The van der Waals surface area contributed by atoms with Crippen LogP contribution in [0.1, 0.15) is 13.3 Å². The van der Waals surface area contributed by atoms with Crippen LogP contribution in [-0.2, 0) is 6.54 Å². The Morgan fingerprint density at radius 2 is 2.06 bits per heavy atom. The van der Waals surface area contributed by atoms with Crippen molar-refractivity contribution in [1.29, 1.82) is 0 Å². The number of pyridine rings is 1. The van der Waals surface area contributed by atoms with E-state index in [1.807, 2.05) is 16.8 Å². The number of aromatic hydroxyl groups is 1. The third-order valence-corrected chi connectivity index (χ3v) is 1.69. The molecule has 5 nitrogen and oxygen atoms in total. The molecular formula is C11H19BrN2O3. The van der Waals surface area contributed by atoms with Crippen LogP contribution in [0.25, 0.3) is 0 Å². The lowest BCUT2D eigenvalue weighted by atomic mass is 10.4. The van der Waals surface area contributed by atoms with Gasteiger partial charge in [-0.2, -0.15) is 0 Å². The summed E-state index contributed by atoms with van der Waals surface area (Å²) < 4.78 is 1.97. The predicted octanol–water partition coefficient (Wildman–Crippen LogP) is 0.559. The predicted molar refractivity (Wildman–Crippen MR) is 68.0 cm³/mol. The van der Waals surface area contributed by atoms with Crippen molar-refractivity contribution in [1.82, 2.24) is 4.90 Å². The van der Waals surface area contributed by atoms with Crippen molar-refractivity contribution in [2.75, 3.05) is 14.1 Å². The molecule has 0 bridgehead atoms. The number of aryl methyl sites for hydroxylation is 1. The van der Waals surface area contributed by atoms with Gasteiger partial charge in [0, 0.05) is 26.6 Å². The number of hydrogen-bond acceptors (Lipinski definition) is 3. The first-order valence-corrected chi connectivity index (χ1v) is 5.03. The molecule has 0 spiro atoms. The summed E-state index contributed by atoms with van der Waals surface area (Å²) in [5.41, 5.74) is 0. The molecule has 1 aromatic heterocycles. The molecule has 0 saturated heterocycles. The van der Waals surface area contributed by atoms with Crippen LogP contribution in [0.2, 0.25) is 0 Å². The first-order chi connectivity index (χ1) is 7.47. The highest BCUT2D eigenvalue weighted by atomic mass is 79.9. The van der Waals surface area contributed by atoms with Crippen LogP contribution in [0.5, 0.6) is 5.75 Å². The summed E-state index contributed by atoms with van der Waals surface area (Å²) in [5, 5.41) is 18.5. The zero-order valence-electron chi connectivity index (χ0n) is 10.3. The van der Waals surface area contributed by atoms with E-state index in [1.165, 1.54) is 14.1 Å². The van der Waals surface area contributed by atoms with Crippen LogP contribution >= 0.6 is 17.0 Å². The standard InChI is InChI=1S/C8H11NO.C3H7NO2.BrH/c1-2-5-9-6-3-4-8(10)7-9;1-4(2)3(5)6;/h3-4,6-7H,2,5H2,1H3;1-2H3,(H,5,6);1H. The third-order valence-electron chi connectivity index (χ3n) is 1.69. The van der Waals surface area contributed by atoms with E-state index in [0.29, 0.717) is 5.75 Å². The largest absolute Gasteiger partial charge is 0.530 e. The van der Waals surface area contributed by atoms with Gasteiger partial charge >= 0.3 is 0 Å². The van der Waals surface area contributed by atoms with Crippen molar-refractivity contribution >= 4 is 23.1 Å². The van der Waals surface area contributed by atoms with E-state index in [1.54, 1.807) is 12.3 Å². The SMILES string of the molecule is Br.CCC[n+]1cccc(O)c1.CN(C)C(=O)[O-]. The lowest BCUT2D eigenvalue weighted by molar-refractivity contribution is -0.697. The Bertz CT molecular complexity index is 332. The van der Waals surface area contributed by atoms with Gasteiger partial charge in [-0.05, 0) is 6.07 Å². The number of rotatable bonds is 2. The summed E-state index contributed by atoms with van der Waals surface area (Å²) in [6.45, 7) is 3.07. The number of hydrogen-bond donors (Lipinski definition) is 1. The molecule has 0 aliphatic carbocycles. The van der Waals surface area contributed by atoms with E-state index in [0.717, 1.165) is 17.9 Å². The Hall–Kier alpha value is -1.30. The molecule has 0 aliphatic heterocycles. The molecule has 1 rings (SSSR count). The number of carbonyl (C=O) groups is 1. The molecule has 17 heavy (non-hydrogen) atoms. The monoisotopic (exact) mass is 306 g/mol. The van der Waals surface area contributed by atoms with Crippen LogP contribution in [-0.4, -0.2) is 30.2 Å². The number of aromatic nitrogens is 1. The maximum atomic E-state index is 9.51. The zero-order valence-corrected chi connectivity index (χ0v) is 12.0. The summed E-state index contributed by atoms with van der Waals surface area (Å²) in [6, 6.07) is 3.51. The fourth-order valence-corrected chi connectivity index (χ4v) is 0.905. The second-order valence-electron chi connectivity index (χ2n) is 3.46. The van der Waals surface area contributed by atoms with E-state index in [2.05, 4.69) is 6.92 Å². The van der Waals surface area contributed by atoms with Crippen LogP contribution < -0.4 is 9.67 Å². The normalized spacial score (nSPS) is 8.41. The molecule has 0 radical (unpaired) electrons. The van der Waals surface area contributed by atoms with Crippen molar-refractivity contribution in [2.45, 2.75) is 19.9 Å². The Labute approximate surface area is 112 Å². The van der Waals surface area contributed by atoms with Gasteiger partial charge in [0.25, 0.3) is 0 Å². The van der Waals surface area contributed by atoms with Gasteiger partial charge in [0.2, 0.25) is 6.20 Å². The molecular weight excluding hydrogens is 288 g/mol. The second-order valence-corrected chi connectivity index (χ2v) is 3.46. The maximum Gasteiger partial charge on any atom is 0.210 e. The molecule has 0 aromatic carbocycles. The molecule has 1 heterocycles. The fourth-order valence-electron chi connectivity index (χ4n) is 0.905. The summed E-state index contributed by atoms with van der Waals surface area (Å²) in [4.78, 5) is 10.5. The highest BCUT2D eigenvalue weighted by Crippen LogP contribution is 1.99. The van der Waals surface area contributed by atoms with Crippen molar-refractivity contribution in [3.8, 4) is 5.75 Å². The molecule has 1 aromatic rings. The van der Waals surface area contributed by atoms with E-state index in [-0.39, 0.29) is 17.0 Å². The van der Waals surface area contributed by atoms with E-state index in [4.69, 9.17) is 5.11 Å². The van der Waals surface area contributed by atoms with Crippen LogP contribution in [0, 0.1) is 0 Å². The quantitative estimate of drug-likeness (QED) is 0.812. The van der Waals surface area contributed by atoms with E-state index < -0.39 is 6.09 Å². The molecule has 0 fully saturated rings. The molecule has 0 saturated carbocycles. The first kappa shape index (κ1) is 18.1. The first-order valence-electron chi connectivity index (χ1n) is 5.03. The van der Waals surface area contributed by atoms with E-state index >= 15 is 0 Å². The summed E-state index contributed by atoms with van der Waals surface area (Å²) >= 11 is 0. The van der Waals surface area contributed by atoms with Crippen molar-refractivity contribution < 1.29 is 19.6 Å². The van der Waals surface area contributed by atoms with Gasteiger partial charge in [0.05, 0.1) is 0 Å². The number of amides is 1. The Morgan fingerprint density at radius 1 is 1.53 bits per heavy atom. The Morgan fingerprint density at radius 3 is 2.41 bits per heavy atom. The number of nitrogens with zero attached hydrogens (tertiary/aromatic N) is 2. The van der Waals surface area contributed by atoms with Crippen molar-refractivity contribution in [3.63, 3.8) is 0 Å². The third kappa shape index (κ3) is 9.62. The molecule has 0 aliphatic rings. The van der Waals surface area contributed by atoms with Crippen LogP contribution in [0.15, 0.2) is 24.5 Å². The van der Waals surface area contributed by atoms with Gasteiger partial charge in [0.15, 0.2) is 11.9 Å². The minimum absolute atomic E-state index is 0. The Balaban J connectivity index is 0. The van der Waals surface area contributed by atoms with Gasteiger partial charge in [-0.25, -0.2) is 4.57 Å².